The Balaban J connectivity index is 1.30. The van der Waals surface area contributed by atoms with Gasteiger partial charge in [0.15, 0.2) is 75.8 Å². The third kappa shape index (κ3) is 15.6. The van der Waals surface area contributed by atoms with Gasteiger partial charge in [0.05, 0.1) is 74.2 Å². The number of pyridine rings is 4. The van der Waals surface area contributed by atoms with Gasteiger partial charge in [-0.1, -0.05) is 0 Å². The summed E-state index contributed by atoms with van der Waals surface area (Å²) in [6, 6.07) is 23.8. The van der Waals surface area contributed by atoms with Crippen molar-refractivity contribution in [2.75, 3.05) is 51.5 Å². The first-order valence-corrected chi connectivity index (χ1v) is 32.9. The van der Waals surface area contributed by atoms with Crippen LogP contribution >= 0.6 is 0 Å². The molecular weight excluding hydrogens is 1100 g/mol. The fourth-order valence-electron chi connectivity index (χ4n) is 9.49. The third-order valence-electron chi connectivity index (χ3n) is 12.8. The molecule has 418 valence electrons. The Morgan fingerprint density at radius 3 is 0.800 bits per heavy atom. The van der Waals surface area contributed by atoms with Gasteiger partial charge < -0.3 is 9.97 Å². The number of nitrogens with one attached hydrogen (secondary N) is 2. The average molecular weight is 1170 g/mol. The van der Waals surface area contributed by atoms with E-state index >= 15 is 0 Å². The Bertz CT molecular complexity index is 3660. The highest BCUT2D eigenvalue weighted by molar-refractivity contribution is 7.86. The summed E-state index contributed by atoms with van der Waals surface area (Å²) in [6.45, 7) is 1.95. The Morgan fingerprint density at radius 1 is 0.362 bits per heavy atom. The highest BCUT2D eigenvalue weighted by Gasteiger charge is 2.23. The van der Waals surface area contributed by atoms with E-state index in [4.69, 9.17) is 26.7 Å². The molecule has 2 aliphatic heterocycles. The minimum absolute atomic E-state index is 0.0206. The first-order chi connectivity index (χ1) is 38.1. The lowest BCUT2D eigenvalue weighted by atomic mass is 10.1. The molecule has 8 bridgehead atoms. The molecule has 0 spiro atoms. The van der Waals surface area contributed by atoms with E-state index in [0.29, 0.717) is 74.6 Å². The zero-order valence-corrected chi connectivity index (χ0v) is 47.8. The predicted octanol–water partition coefficient (Wildman–Crippen LogP) is 5.94. The molecule has 0 amide bonds. The van der Waals surface area contributed by atoms with Gasteiger partial charge in [-0.2, -0.15) is 33.7 Å². The Labute approximate surface area is 465 Å². The topological polar surface area (TPSA) is 246 Å². The number of hydrogen-bond acceptors (Lipinski definition) is 14. The van der Waals surface area contributed by atoms with Gasteiger partial charge in [-0.15, -0.1) is 0 Å². The van der Waals surface area contributed by atoms with Crippen LogP contribution in [0, 0.1) is 0 Å². The zero-order chi connectivity index (χ0) is 56.7. The Kier molecular flexibility index (Phi) is 17.8. The smallest absolute Gasteiger partial charge is 0.264 e. The highest BCUT2D eigenvalue weighted by atomic mass is 32.2. The fourth-order valence-corrected chi connectivity index (χ4v) is 11.2. The van der Waals surface area contributed by atoms with Crippen LogP contribution in [0.25, 0.3) is 90.9 Å². The van der Waals surface area contributed by atoms with E-state index in [1.54, 1.807) is 0 Å². The van der Waals surface area contributed by atoms with Crippen molar-refractivity contribution in [3.63, 3.8) is 0 Å². The molecule has 7 aromatic heterocycles. The van der Waals surface area contributed by atoms with E-state index in [2.05, 4.69) is 9.97 Å². The van der Waals surface area contributed by atoms with Gasteiger partial charge in [0, 0.05) is 117 Å². The van der Waals surface area contributed by atoms with Crippen LogP contribution in [0.3, 0.4) is 0 Å². The van der Waals surface area contributed by atoms with Crippen molar-refractivity contribution in [2.24, 2.45) is 0 Å². The SMILES string of the molecule is CS(=O)(=O)OCCC[n+]1cccc(-c2c3nc(c(-c4ccc[n+](CCCOS(C)(=O)=O)c4)c4ccc([nH]4)c(-c4ccc[n+](CCCOS(C)(=O)=O)c4)c4nc(c(-c5ccc[n+](CCCOS(C)(=O)=O)c5)c5ccc2[nH]5)C=C4)C=C3)c1. The van der Waals surface area contributed by atoms with Gasteiger partial charge in [-0.05, 0) is 72.8 Å². The van der Waals surface area contributed by atoms with Crippen LogP contribution in [0.1, 0.15) is 48.5 Å². The van der Waals surface area contributed by atoms with Crippen LogP contribution in [0.4, 0.5) is 0 Å². The van der Waals surface area contributed by atoms with Crippen LogP contribution in [0.2, 0.25) is 0 Å². The normalized spacial score (nSPS) is 12.8. The molecule has 2 aliphatic rings. The number of aromatic nitrogens is 8. The molecule has 7 aromatic rings. The average Bonchev–Trinajstić information content (AvgIpc) is 4.31. The van der Waals surface area contributed by atoms with Crippen molar-refractivity contribution in [3.8, 4) is 44.5 Å². The summed E-state index contributed by atoms with van der Waals surface area (Å²) in [6.07, 6.45) is 29.4. The summed E-state index contributed by atoms with van der Waals surface area (Å²) in [7, 11) is -14.5. The first kappa shape index (κ1) is 57.5. The van der Waals surface area contributed by atoms with Gasteiger partial charge in [0.1, 0.15) is 0 Å². The van der Waals surface area contributed by atoms with E-state index in [1.165, 1.54) is 0 Å². The van der Waals surface area contributed by atoms with Crippen LogP contribution < -0.4 is 18.3 Å². The van der Waals surface area contributed by atoms with Crippen molar-refractivity contribution < 1.29 is 68.7 Å². The Morgan fingerprint density at radius 2 is 0.588 bits per heavy atom. The minimum Gasteiger partial charge on any atom is -0.354 e. The van der Waals surface area contributed by atoms with Crippen molar-refractivity contribution in [1.82, 2.24) is 19.9 Å². The van der Waals surface area contributed by atoms with E-state index in [9.17, 15) is 33.7 Å². The lowest BCUT2D eigenvalue weighted by Crippen LogP contribution is -2.33. The summed E-state index contributed by atoms with van der Waals surface area (Å²) in [4.78, 5) is 18.4. The van der Waals surface area contributed by atoms with Gasteiger partial charge in [-0.3, -0.25) is 16.7 Å². The molecule has 0 aromatic carbocycles. The van der Waals surface area contributed by atoms with E-state index < -0.39 is 40.5 Å². The van der Waals surface area contributed by atoms with Crippen molar-refractivity contribution in [1.29, 1.82) is 0 Å². The molecular formula is C56H62N8O12S4+4. The summed E-state index contributed by atoms with van der Waals surface area (Å²) in [5, 5.41) is 0. The largest absolute Gasteiger partial charge is 0.354 e. The quantitative estimate of drug-likeness (QED) is 0.0404. The molecule has 0 atom stereocenters. The molecule has 0 unspecified atom stereocenters. The van der Waals surface area contributed by atoms with Crippen LogP contribution in [-0.4, -0.2) is 105 Å². The molecule has 0 aliphatic carbocycles. The third-order valence-corrected chi connectivity index (χ3v) is 15.2. The van der Waals surface area contributed by atoms with Crippen molar-refractivity contribution in [2.45, 2.75) is 51.9 Å². The molecule has 80 heavy (non-hydrogen) atoms. The summed E-state index contributed by atoms with van der Waals surface area (Å²) in [5.41, 5.74) is 11.9. The second kappa shape index (κ2) is 24.7. The zero-order valence-electron chi connectivity index (χ0n) is 44.6. The Hall–Kier alpha value is -7.16. The maximum atomic E-state index is 11.8. The monoisotopic (exact) mass is 1170 g/mol. The molecule has 0 saturated carbocycles. The molecule has 9 rings (SSSR count). The van der Waals surface area contributed by atoms with Crippen LogP contribution in [-0.2, 0) is 83.4 Å². The number of nitrogens with zero attached hydrogens (tertiary/aromatic N) is 6. The molecule has 20 nitrogen and oxygen atoms in total. The number of hydrogen-bond donors (Lipinski definition) is 2. The number of aromatic amines is 2. The van der Waals surface area contributed by atoms with E-state index in [1.807, 2.05) is 165 Å². The second-order valence-corrected chi connectivity index (χ2v) is 25.9. The number of rotatable bonds is 24. The molecule has 0 radical (unpaired) electrons. The summed E-state index contributed by atoms with van der Waals surface area (Å²) >= 11 is 0. The lowest BCUT2D eigenvalue weighted by Gasteiger charge is -2.07. The van der Waals surface area contributed by atoms with Crippen molar-refractivity contribution in [3.05, 3.63) is 145 Å². The van der Waals surface area contributed by atoms with Gasteiger partial charge >= 0.3 is 0 Å². The molecule has 2 N–H and O–H groups in total. The number of H-pyrrole nitrogens is 2. The number of aryl methyl sites for hydroxylation is 4. The lowest BCUT2D eigenvalue weighted by molar-refractivity contribution is -0.697. The van der Waals surface area contributed by atoms with Gasteiger partial charge in [0.2, 0.25) is 0 Å². The standard InChI is InChI=1S/C56H62N8O12S4/c1-77(65,66)73-33-9-29-61-25-5-13-41(37-61)53-45-17-19-47(57-45)54(42-14-6-26-62(38-42)30-10-34-74-78(2,67)68)49-21-23-51(59-49)56(44-16-8-28-64(40-44)32-12-36-76-80(4,71)72)52-24-22-50(60-52)55(48-20-18-46(53)58-48)43-15-7-27-63(39-43)31-11-35-75-79(3,69)70/h5-8,13-28,37-40,57,60H,9-12,29-36H2,1-4H3/q+4. The molecule has 0 saturated heterocycles. The van der Waals surface area contributed by atoms with E-state index in [0.717, 1.165) is 91.6 Å². The summed E-state index contributed by atoms with van der Waals surface area (Å²) in [5.74, 6) is 0. The predicted molar refractivity (Wildman–Crippen MR) is 303 cm³/mol. The van der Waals surface area contributed by atoms with Gasteiger partial charge in [-0.25, -0.2) is 28.2 Å². The first-order valence-electron chi connectivity index (χ1n) is 25.6. The van der Waals surface area contributed by atoms with Gasteiger partial charge in [0.25, 0.3) is 40.5 Å². The number of fused-ring (bicyclic) bond motifs is 8. The summed E-state index contributed by atoms with van der Waals surface area (Å²) < 4.78 is 122. The molecule has 0 fully saturated rings. The fraction of sp³-hybridized carbons (Fsp3) is 0.286. The maximum Gasteiger partial charge on any atom is 0.264 e. The van der Waals surface area contributed by atoms with Crippen molar-refractivity contribution >= 4 is 86.8 Å². The highest BCUT2D eigenvalue weighted by Crippen LogP contribution is 2.38. The maximum absolute atomic E-state index is 11.8. The minimum atomic E-state index is -3.61. The van der Waals surface area contributed by atoms with Crippen LogP contribution in [0.5, 0.6) is 0 Å². The molecule has 24 heteroatoms. The molecule has 9 heterocycles. The van der Waals surface area contributed by atoms with Crippen LogP contribution in [0.15, 0.2) is 122 Å². The van der Waals surface area contributed by atoms with E-state index in [-0.39, 0.29) is 26.4 Å². The second-order valence-electron chi connectivity index (χ2n) is 19.3.